The number of fused-ring (bicyclic) bond motifs is 1. The van der Waals surface area contributed by atoms with Crippen LogP contribution in [0.15, 0.2) is 30.3 Å². The fourth-order valence-electron chi connectivity index (χ4n) is 1.20. The third kappa shape index (κ3) is 5.81. The predicted octanol–water partition coefficient (Wildman–Crippen LogP) is 2.46. The van der Waals surface area contributed by atoms with Gasteiger partial charge in [-0.2, -0.15) is 0 Å². The standard InChI is InChI=1S/C9H8.C3H6O.CH4O/c1-2-5-9-7-3-6-8(9)4-1;1-3(2)4;1-2/h1-6H,7H2;1-2H3;2H,1H3. The van der Waals surface area contributed by atoms with E-state index >= 15 is 0 Å². The lowest BCUT2D eigenvalue weighted by Crippen LogP contribution is -1.76. The topological polar surface area (TPSA) is 37.3 Å². The average molecular weight is 206 g/mol. The van der Waals surface area contributed by atoms with Crippen LogP contribution in [-0.2, 0) is 11.2 Å². The Morgan fingerprint density at radius 1 is 1.20 bits per heavy atom. The molecule has 0 aromatic heterocycles. The molecule has 1 aromatic rings. The normalized spacial score (nSPS) is 10.4. The molecule has 2 heteroatoms. The number of aliphatic hydroxyl groups excluding tert-OH is 1. The maximum Gasteiger partial charge on any atom is 0.126 e. The molecule has 0 fully saturated rings. The number of rotatable bonds is 0. The molecule has 1 N–H and O–H groups in total. The van der Waals surface area contributed by atoms with Gasteiger partial charge >= 0.3 is 0 Å². The minimum Gasteiger partial charge on any atom is -0.400 e. The summed E-state index contributed by atoms with van der Waals surface area (Å²) >= 11 is 0. The average Bonchev–Trinajstić information content (AvgIpc) is 2.67. The number of aliphatic hydroxyl groups is 1. The summed E-state index contributed by atoms with van der Waals surface area (Å²) in [6.45, 7) is 3.06. The number of Topliss-reactive ketones (excluding diaryl/α,β-unsaturated/α-hetero) is 1. The molecule has 1 aliphatic carbocycles. The molecular formula is C13H18O2. The Morgan fingerprint density at radius 3 is 2.27 bits per heavy atom. The summed E-state index contributed by atoms with van der Waals surface area (Å²) in [5.41, 5.74) is 2.84. The summed E-state index contributed by atoms with van der Waals surface area (Å²) in [6, 6.07) is 8.49. The largest absolute Gasteiger partial charge is 0.400 e. The summed E-state index contributed by atoms with van der Waals surface area (Å²) in [5.74, 6) is 0.167. The highest BCUT2D eigenvalue weighted by atomic mass is 16.2. The van der Waals surface area contributed by atoms with Crippen LogP contribution in [0.1, 0.15) is 25.0 Å². The second-order valence-electron chi connectivity index (χ2n) is 3.21. The summed E-state index contributed by atoms with van der Waals surface area (Å²) in [4.78, 5) is 9.44. The molecule has 15 heavy (non-hydrogen) atoms. The Balaban J connectivity index is 0.000000282. The lowest BCUT2D eigenvalue weighted by Gasteiger charge is -1.93. The molecule has 2 rings (SSSR count). The second kappa shape index (κ2) is 7.94. The summed E-state index contributed by atoms with van der Waals surface area (Å²) < 4.78 is 0. The molecule has 2 nitrogen and oxygen atoms in total. The summed E-state index contributed by atoms with van der Waals surface area (Å²) in [7, 11) is 1.00. The Labute approximate surface area is 91.3 Å². The number of hydrogen-bond acceptors (Lipinski definition) is 2. The van der Waals surface area contributed by atoms with E-state index in [1.54, 1.807) is 0 Å². The minimum atomic E-state index is 0.167. The van der Waals surface area contributed by atoms with E-state index in [2.05, 4.69) is 36.4 Å². The lowest BCUT2D eigenvalue weighted by molar-refractivity contribution is -0.114. The van der Waals surface area contributed by atoms with Gasteiger partial charge < -0.3 is 9.90 Å². The van der Waals surface area contributed by atoms with Gasteiger partial charge in [-0.3, -0.25) is 0 Å². The van der Waals surface area contributed by atoms with Crippen LogP contribution in [0.25, 0.3) is 6.08 Å². The van der Waals surface area contributed by atoms with E-state index in [-0.39, 0.29) is 5.78 Å². The van der Waals surface area contributed by atoms with E-state index in [1.165, 1.54) is 25.0 Å². The molecule has 1 aliphatic rings. The van der Waals surface area contributed by atoms with Crippen LogP contribution < -0.4 is 0 Å². The molecule has 0 heterocycles. The van der Waals surface area contributed by atoms with Crippen molar-refractivity contribution in [3.63, 3.8) is 0 Å². The van der Waals surface area contributed by atoms with Crippen molar-refractivity contribution in [1.82, 2.24) is 0 Å². The number of benzene rings is 1. The maximum atomic E-state index is 9.44. The van der Waals surface area contributed by atoms with Crippen LogP contribution in [0.4, 0.5) is 0 Å². The highest BCUT2D eigenvalue weighted by Gasteiger charge is 2.00. The van der Waals surface area contributed by atoms with Crippen molar-refractivity contribution < 1.29 is 9.90 Å². The molecule has 0 unspecified atom stereocenters. The van der Waals surface area contributed by atoms with E-state index < -0.39 is 0 Å². The quantitative estimate of drug-likeness (QED) is 0.708. The van der Waals surface area contributed by atoms with Gasteiger partial charge in [-0.05, 0) is 31.4 Å². The highest BCUT2D eigenvalue weighted by Crippen LogP contribution is 2.17. The minimum absolute atomic E-state index is 0.167. The molecule has 0 amide bonds. The van der Waals surface area contributed by atoms with Gasteiger partial charge in [-0.1, -0.05) is 36.4 Å². The first-order chi connectivity index (χ1) is 7.20. The van der Waals surface area contributed by atoms with Gasteiger partial charge in [-0.25, -0.2) is 0 Å². The van der Waals surface area contributed by atoms with Crippen molar-refractivity contribution in [1.29, 1.82) is 0 Å². The molecule has 0 saturated heterocycles. The maximum absolute atomic E-state index is 9.44. The first kappa shape index (κ1) is 13.6. The molecule has 82 valence electrons. The SMILES string of the molecule is C1=Cc2ccccc2C1.CC(C)=O.CO. The van der Waals surface area contributed by atoms with Gasteiger partial charge in [0, 0.05) is 7.11 Å². The van der Waals surface area contributed by atoms with Gasteiger partial charge in [0.05, 0.1) is 0 Å². The van der Waals surface area contributed by atoms with Crippen molar-refractivity contribution in [3.05, 3.63) is 41.5 Å². The van der Waals surface area contributed by atoms with Crippen LogP contribution in [-0.4, -0.2) is 18.0 Å². The Hall–Kier alpha value is -1.41. The first-order valence-corrected chi connectivity index (χ1v) is 4.86. The van der Waals surface area contributed by atoms with Crippen LogP contribution in [0, 0.1) is 0 Å². The van der Waals surface area contributed by atoms with Gasteiger partial charge in [0.2, 0.25) is 0 Å². The first-order valence-electron chi connectivity index (χ1n) is 4.86. The van der Waals surface area contributed by atoms with Gasteiger partial charge in [0.1, 0.15) is 5.78 Å². The number of ketones is 1. The summed E-state index contributed by atoms with van der Waals surface area (Å²) in [5, 5.41) is 7.00. The van der Waals surface area contributed by atoms with Crippen LogP contribution in [0.5, 0.6) is 0 Å². The van der Waals surface area contributed by atoms with E-state index in [1.807, 2.05) is 0 Å². The van der Waals surface area contributed by atoms with E-state index in [0.29, 0.717) is 0 Å². The summed E-state index contributed by atoms with van der Waals surface area (Å²) in [6.07, 6.45) is 5.50. The van der Waals surface area contributed by atoms with Crippen LogP contribution in [0.3, 0.4) is 0 Å². The zero-order valence-electron chi connectivity index (χ0n) is 9.53. The number of carbonyl (C=O) groups excluding carboxylic acids is 1. The smallest absolute Gasteiger partial charge is 0.126 e. The van der Waals surface area contributed by atoms with Gasteiger partial charge in [-0.15, -0.1) is 0 Å². The van der Waals surface area contributed by atoms with Crippen molar-refractivity contribution in [3.8, 4) is 0 Å². The predicted molar refractivity (Wildman–Crippen MR) is 63.7 cm³/mol. The zero-order chi connectivity index (χ0) is 11.7. The Morgan fingerprint density at radius 2 is 1.73 bits per heavy atom. The lowest BCUT2D eigenvalue weighted by atomic mass is 10.1. The van der Waals surface area contributed by atoms with E-state index in [9.17, 15) is 4.79 Å². The van der Waals surface area contributed by atoms with Gasteiger partial charge in [0.15, 0.2) is 0 Å². The monoisotopic (exact) mass is 206 g/mol. The third-order valence-electron chi connectivity index (χ3n) is 1.69. The van der Waals surface area contributed by atoms with E-state index in [4.69, 9.17) is 5.11 Å². The highest BCUT2D eigenvalue weighted by molar-refractivity contribution is 5.72. The molecule has 0 bridgehead atoms. The van der Waals surface area contributed by atoms with Crippen molar-refractivity contribution in [2.75, 3.05) is 7.11 Å². The van der Waals surface area contributed by atoms with Crippen LogP contribution >= 0.6 is 0 Å². The number of carbonyl (C=O) groups is 1. The van der Waals surface area contributed by atoms with Crippen molar-refractivity contribution in [2.24, 2.45) is 0 Å². The van der Waals surface area contributed by atoms with Crippen molar-refractivity contribution in [2.45, 2.75) is 20.3 Å². The molecule has 0 saturated carbocycles. The molecule has 1 aromatic carbocycles. The molecule has 0 radical (unpaired) electrons. The number of hydrogen-bond donors (Lipinski definition) is 1. The Kier molecular flexibility index (Phi) is 7.20. The van der Waals surface area contributed by atoms with Gasteiger partial charge in [0.25, 0.3) is 0 Å². The molecule has 0 atom stereocenters. The fraction of sp³-hybridized carbons (Fsp3) is 0.308. The molecular weight excluding hydrogens is 188 g/mol. The Bertz CT molecular complexity index is 323. The zero-order valence-corrected chi connectivity index (χ0v) is 9.53. The fourth-order valence-corrected chi connectivity index (χ4v) is 1.20. The second-order valence-corrected chi connectivity index (χ2v) is 3.21. The number of allylic oxidation sites excluding steroid dienone is 1. The van der Waals surface area contributed by atoms with Crippen LogP contribution in [0.2, 0.25) is 0 Å². The third-order valence-corrected chi connectivity index (χ3v) is 1.69. The van der Waals surface area contributed by atoms with Crippen molar-refractivity contribution >= 4 is 11.9 Å². The molecule has 0 aliphatic heterocycles. The van der Waals surface area contributed by atoms with E-state index in [0.717, 1.165) is 13.5 Å². The molecule has 0 spiro atoms.